The minimum absolute atomic E-state index is 0.0410. The van der Waals surface area contributed by atoms with Crippen LogP contribution in [0.15, 0.2) is 78.1 Å². The zero-order valence-corrected chi connectivity index (χ0v) is 15.8. The molecule has 1 aliphatic heterocycles. The molecule has 0 radical (unpaired) electrons. The highest BCUT2D eigenvalue weighted by Gasteiger charge is 2.31. The van der Waals surface area contributed by atoms with E-state index in [9.17, 15) is 4.39 Å². The van der Waals surface area contributed by atoms with Gasteiger partial charge in [0.2, 0.25) is 0 Å². The lowest BCUT2D eigenvalue weighted by Crippen LogP contribution is -2.26. The van der Waals surface area contributed by atoms with Crippen LogP contribution in [0.5, 0.6) is 0 Å². The van der Waals surface area contributed by atoms with E-state index < -0.39 is 0 Å². The summed E-state index contributed by atoms with van der Waals surface area (Å²) in [4.78, 5) is 8.68. The van der Waals surface area contributed by atoms with Crippen LogP contribution in [0.2, 0.25) is 0 Å². The van der Waals surface area contributed by atoms with E-state index in [0.29, 0.717) is 13.0 Å². The number of nitrogens with zero attached hydrogens (tertiary/aromatic N) is 4. The fraction of sp³-hybridized carbons (Fsp3) is 0.318. The molecule has 2 atom stereocenters. The summed E-state index contributed by atoms with van der Waals surface area (Å²) in [6.45, 7) is 4.41. The molecule has 0 spiro atoms. The van der Waals surface area contributed by atoms with E-state index in [4.69, 9.17) is 5.10 Å². The number of allylic oxidation sites excluding steroid dienone is 3. The van der Waals surface area contributed by atoms with Gasteiger partial charge in [-0.15, -0.1) is 0 Å². The van der Waals surface area contributed by atoms with Crippen molar-refractivity contribution in [2.75, 3.05) is 6.54 Å². The first-order chi connectivity index (χ1) is 13.2. The minimum atomic E-state index is -0.202. The predicted molar refractivity (Wildman–Crippen MR) is 107 cm³/mol. The lowest BCUT2D eigenvalue weighted by atomic mass is 9.99. The number of halogens is 1. The van der Waals surface area contributed by atoms with Crippen molar-refractivity contribution in [2.24, 2.45) is 11.0 Å². The van der Waals surface area contributed by atoms with Crippen LogP contribution in [0, 0.1) is 5.92 Å². The van der Waals surface area contributed by atoms with E-state index in [2.05, 4.69) is 16.0 Å². The second-order valence-electron chi connectivity index (χ2n) is 6.57. The summed E-state index contributed by atoms with van der Waals surface area (Å²) in [5.74, 6) is -0.311. The molecule has 2 aromatic heterocycles. The van der Waals surface area contributed by atoms with E-state index in [1.165, 1.54) is 0 Å². The molecule has 0 aromatic carbocycles. The van der Waals surface area contributed by atoms with Gasteiger partial charge in [-0.05, 0) is 43.2 Å². The van der Waals surface area contributed by atoms with E-state index in [0.717, 1.165) is 23.4 Å². The first-order valence-electron chi connectivity index (χ1n) is 9.36. The average Bonchev–Trinajstić information content (AvgIpc) is 3.15. The molecule has 0 aliphatic carbocycles. The summed E-state index contributed by atoms with van der Waals surface area (Å²) in [5, 5.41) is 6.81. The zero-order valence-electron chi connectivity index (χ0n) is 15.8. The van der Waals surface area contributed by atoms with Crippen LogP contribution < -0.4 is 0 Å². The molecule has 0 fully saturated rings. The molecule has 3 heterocycles. The minimum Gasteiger partial charge on any atom is -0.288 e. The molecule has 0 saturated carbocycles. The molecule has 140 valence electrons. The van der Waals surface area contributed by atoms with Gasteiger partial charge in [0.05, 0.1) is 17.4 Å². The van der Waals surface area contributed by atoms with Crippen molar-refractivity contribution in [3.63, 3.8) is 0 Å². The summed E-state index contributed by atoms with van der Waals surface area (Å²) in [6, 6.07) is 9.83. The third kappa shape index (κ3) is 4.67. The Balaban J connectivity index is 1.88. The molecule has 0 N–H and O–H groups in total. The maximum Gasteiger partial charge on any atom is 0.105 e. The maximum atomic E-state index is 14.6. The number of hydrogen-bond donors (Lipinski definition) is 0. The molecule has 0 saturated heterocycles. The van der Waals surface area contributed by atoms with Crippen molar-refractivity contribution in [2.45, 2.75) is 32.7 Å². The van der Waals surface area contributed by atoms with Gasteiger partial charge in [-0.25, -0.2) is 4.39 Å². The number of pyridine rings is 2. The van der Waals surface area contributed by atoms with E-state index in [1.54, 1.807) is 24.5 Å². The first kappa shape index (κ1) is 19.0. The predicted octanol–water partition coefficient (Wildman–Crippen LogP) is 5.08. The average molecular weight is 364 g/mol. The van der Waals surface area contributed by atoms with Crippen LogP contribution in [0.1, 0.15) is 44.0 Å². The van der Waals surface area contributed by atoms with Gasteiger partial charge in [0.15, 0.2) is 0 Å². The normalized spacial score (nSPS) is 18.8. The Morgan fingerprint density at radius 2 is 2.19 bits per heavy atom. The number of rotatable bonds is 7. The van der Waals surface area contributed by atoms with Gasteiger partial charge in [0.25, 0.3) is 0 Å². The van der Waals surface area contributed by atoms with Crippen LogP contribution in [0.25, 0.3) is 0 Å². The largest absolute Gasteiger partial charge is 0.288 e. The molecule has 2 aromatic rings. The van der Waals surface area contributed by atoms with Crippen LogP contribution in [0.3, 0.4) is 0 Å². The molecule has 1 aliphatic rings. The molecule has 3 rings (SSSR count). The molecular weight excluding hydrogens is 339 g/mol. The molecule has 4 nitrogen and oxygen atoms in total. The highest BCUT2D eigenvalue weighted by molar-refractivity contribution is 6.00. The summed E-state index contributed by atoms with van der Waals surface area (Å²) < 4.78 is 14.6. The fourth-order valence-electron chi connectivity index (χ4n) is 3.24. The first-order valence-corrected chi connectivity index (χ1v) is 9.36. The van der Waals surface area contributed by atoms with Gasteiger partial charge < -0.3 is 0 Å². The number of aromatic nitrogens is 2. The Bertz CT molecular complexity index is 815. The Kier molecular flexibility index (Phi) is 6.47. The Morgan fingerprint density at radius 1 is 1.30 bits per heavy atom. The van der Waals surface area contributed by atoms with Gasteiger partial charge in [0, 0.05) is 37.5 Å². The highest BCUT2D eigenvalue weighted by Crippen LogP contribution is 2.34. The van der Waals surface area contributed by atoms with Crippen molar-refractivity contribution >= 4 is 5.71 Å². The SMILES string of the molecule is C/C=C\C=C(\F)C(CC)CN1N=C(c2ccccn2)C[C@H]1c1cccnc1. The van der Waals surface area contributed by atoms with Gasteiger partial charge in [-0.1, -0.05) is 31.2 Å². The third-order valence-corrected chi connectivity index (χ3v) is 4.76. The van der Waals surface area contributed by atoms with Crippen LogP contribution in [-0.2, 0) is 0 Å². The molecule has 0 amide bonds. The summed E-state index contributed by atoms with van der Waals surface area (Å²) in [5.41, 5.74) is 2.88. The molecule has 0 bridgehead atoms. The highest BCUT2D eigenvalue weighted by atomic mass is 19.1. The standard InChI is InChI=1S/C22H25FN4/c1-3-5-10-19(23)17(4-2)16-27-22(18-9-8-12-24-15-18)14-21(26-27)20-11-6-7-13-25-20/h3,5-13,15,17,22H,4,14,16H2,1-2H3/b5-3-,19-10+/t17?,22-/m0/s1. The Morgan fingerprint density at radius 3 is 2.85 bits per heavy atom. The van der Waals surface area contributed by atoms with E-state index in [1.807, 2.05) is 55.4 Å². The van der Waals surface area contributed by atoms with Crippen molar-refractivity contribution in [1.82, 2.24) is 15.0 Å². The van der Waals surface area contributed by atoms with Gasteiger partial charge >= 0.3 is 0 Å². The van der Waals surface area contributed by atoms with Crippen LogP contribution in [-0.4, -0.2) is 27.2 Å². The molecule has 5 heteroatoms. The van der Waals surface area contributed by atoms with Crippen molar-refractivity contribution in [1.29, 1.82) is 0 Å². The fourth-order valence-corrected chi connectivity index (χ4v) is 3.24. The summed E-state index contributed by atoms with van der Waals surface area (Å²) in [6.07, 6.45) is 12.0. The van der Waals surface area contributed by atoms with Crippen molar-refractivity contribution < 1.29 is 4.39 Å². The smallest absolute Gasteiger partial charge is 0.105 e. The number of hydrazone groups is 1. The second kappa shape index (κ2) is 9.21. The third-order valence-electron chi connectivity index (χ3n) is 4.76. The van der Waals surface area contributed by atoms with Crippen molar-refractivity contribution in [3.05, 3.63) is 84.2 Å². The topological polar surface area (TPSA) is 41.4 Å². The summed E-state index contributed by atoms with van der Waals surface area (Å²) in [7, 11) is 0. The van der Waals surface area contributed by atoms with Gasteiger partial charge in [0.1, 0.15) is 5.83 Å². The Labute approximate surface area is 160 Å². The van der Waals surface area contributed by atoms with Crippen molar-refractivity contribution in [3.8, 4) is 0 Å². The lowest BCUT2D eigenvalue weighted by Gasteiger charge is -2.27. The molecule has 1 unspecified atom stereocenters. The number of hydrogen-bond acceptors (Lipinski definition) is 4. The quantitative estimate of drug-likeness (QED) is 0.643. The molecule has 27 heavy (non-hydrogen) atoms. The monoisotopic (exact) mass is 364 g/mol. The zero-order chi connectivity index (χ0) is 19.1. The van der Waals surface area contributed by atoms with E-state index >= 15 is 0 Å². The van der Waals surface area contributed by atoms with Gasteiger partial charge in [-0.3, -0.25) is 15.0 Å². The Hall–Kier alpha value is -2.82. The van der Waals surface area contributed by atoms with Gasteiger partial charge in [-0.2, -0.15) is 5.10 Å². The maximum absolute atomic E-state index is 14.6. The second-order valence-corrected chi connectivity index (χ2v) is 6.57. The van der Waals surface area contributed by atoms with Crippen LogP contribution >= 0.6 is 0 Å². The van der Waals surface area contributed by atoms with E-state index in [-0.39, 0.29) is 17.8 Å². The lowest BCUT2D eigenvalue weighted by molar-refractivity contribution is 0.194. The summed E-state index contributed by atoms with van der Waals surface area (Å²) >= 11 is 0. The van der Waals surface area contributed by atoms with Crippen LogP contribution in [0.4, 0.5) is 4.39 Å². The molecular formula is C22H25FN4.